The highest BCUT2D eigenvalue weighted by molar-refractivity contribution is 5.52. The van der Waals surface area contributed by atoms with Crippen LogP contribution in [0.5, 0.6) is 5.75 Å². The Morgan fingerprint density at radius 2 is 1.92 bits per heavy atom. The molecule has 0 radical (unpaired) electrons. The molecule has 25 heavy (non-hydrogen) atoms. The van der Waals surface area contributed by atoms with Gasteiger partial charge in [-0.1, -0.05) is 12.1 Å². The molecule has 1 aromatic carbocycles. The van der Waals surface area contributed by atoms with Crippen LogP contribution in [0.3, 0.4) is 0 Å². The molecule has 0 aliphatic rings. The van der Waals surface area contributed by atoms with Crippen LogP contribution < -0.4 is 5.73 Å². The Balaban J connectivity index is 1.51. The van der Waals surface area contributed by atoms with Crippen LogP contribution in [0.2, 0.25) is 0 Å². The van der Waals surface area contributed by atoms with Crippen molar-refractivity contribution < 1.29 is 9.52 Å². The van der Waals surface area contributed by atoms with Crippen LogP contribution in [0.25, 0.3) is 17.4 Å². The second-order valence-electron chi connectivity index (χ2n) is 5.82. The standard InChI is InChI=1S/C18H17N5O2/c19-16-11-13(4-1-3-12-6-8-14(24)9-7-12)20-18-21-17(22-23(16)18)15-5-2-10-25-15/h2,5-11,24H,1,3-4,19H2. The lowest BCUT2D eigenvalue weighted by Crippen LogP contribution is -2.04. The molecule has 4 rings (SSSR count). The lowest BCUT2D eigenvalue weighted by molar-refractivity contribution is 0.475. The third kappa shape index (κ3) is 3.16. The number of nitrogens with two attached hydrogens (primary N) is 1. The van der Waals surface area contributed by atoms with Gasteiger partial charge in [0.05, 0.1) is 6.26 Å². The monoisotopic (exact) mass is 335 g/mol. The van der Waals surface area contributed by atoms with Crippen molar-refractivity contribution in [2.24, 2.45) is 0 Å². The highest BCUT2D eigenvalue weighted by atomic mass is 16.3. The van der Waals surface area contributed by atoms with Gasteiger partial charge in [-0.25, -0.2) is 4.98 Å². The number of nitrogens with zero attached hydrogens (tertiary/aromatic N) is 4. The average molecular weight is 335 g/mol. The number of fused-ring (bicyclic) bond motifs is 1. The number of hydrogen-bond donors (Lipinski definition) is 2. The first-order valence-electron chi connectivity index (χ1n) is 8.03. The average Bonchev–Trinajstić information content (AvgIpc) is 3.26. The molecule has 3 heterocycles. The summed E-state index contributed by atoms with van der Waals surface area (Å²) in [6.07, 6.45) is 4.18. The van der Waals surface area contributed by atoms with E-state index < -0.39 is 0 Å². The van der Waals surface area contributed by atoms with E-state index in [-0.39, 0.29) is 5.75 Å². The summed E-state index contributed by atoms with van der Waals surface area (Å²) in [5.74, 6) is 2.29. The van der Waals surface area contributed by atoms with E-state index in [9.17, 15) is 5.11 Å². The van der Waals surface area contributed by atoms with E-state index >= 15 is 0 Å². The molecule has 7 heteroatoms. The van der Waals surface area contributed by atoms with Crippen molar-refractivity contribution >= 4 is 11.6 Å². The molecule has 0 bridgehead atoms. The smallest absolute Gasteiger partial charge is 0.254 e. The predicted octanol–water partition coefficient (Wildman–Crippen LogP) is 2.85. The first kappa shape index (κ1) is 15.2. The third-order valence-corrected chi connectivity index (χ3v) is 3.97. The molecule has 7 nitrogen and oxygen atoms in total. The number of benzene rings is 1. The summed E-state index contributed by atoms with van der Waals surface area (Å²) >= 11 is 0. The van der Waals surface area contributed by atoms with Crippen LogP contribution in [0, 0.1) is 0 Å². The van der Waals surface area contributed by atoms with Crippen molar-refractivity contribution in [3.63, 3.8) is 0 Å². The molecule has 3 N–H and O–H groups in total. The largest absolute Gasteiger partial charge is 0.508 e. The summed E-state index contributed by atoms with van der Waals surface area (Å²) in [7, 11) is 0. The first-order valence-corrected chi connectivity index (χ1v) is 8.03. The van der Waals surface area contributed by atoms with Gasteiger partial charge in [0, 0.05) is 11.8 Å². The van der Waals surface area contributed by atoms with Crippen molar-refractivity contribution in [2.45, 2.75) is 19.3 Å². The number of hydrogen-bond acceptors (Lipinski definition) is 6. The van der Waals surface area contributed by atoms with Gasteiger partial charge >= 0.3 is 0 Å². The van der Waals surface area contributed by atoms with Gasteiger partial charge < -0.3 is 15.3 Å². The van der Waals surface area contributed by atoms with E-state index in [2.05, 4.69) is 15.1 Å². The fourth-order valence-corrected chi connectivity index (χ4v) is 2.72. The Hall–Kier alpha value is -3.35. The number of phenols is 1. The fourth-order valence-electron chi connectivity index (χ4n) is 2.72. The maximum Gasteiger partial charge on any atom is 0.254 e. The molecule has 4 aromatic rings. The van der Waals surface area contributed by atoms with Crippen molar-refractivity contribution in [2.75, 3.05) is 5.73 Å². The van der Waals surface area contributed by atoms with Gasteiger partial charge in [0.25, 0.3) is 5.78 Å². The van der Waals surface area contributed by atoms with Crippen molar-refractivity contribution in [1.82, 2.24) is 19.6 Å². The molecule has 0 atom stereocenters. The van der Waals surface area contributed by atoms with Crippen LogP contribution in [0.15, 0.2) is 53.1 Å². The molecule has 0 spiro atoms. The van der Waals surface area contributed by atoms with Gasteiger partial charge in [-0.15, -0.1) is 5.10 Å². The molecular weight excluding hydrogens is 318 g/mol. The van der Waals surface area contributed by atoms with Crippen molar-refractivity contribution in [1.29, 1.82) is 0 Å². The number of aromatic hydroxyl groups is 1. The van der Waals surface area contributed by atoms with Crippen LogP contribution >= 0.6 is 0 Å². The zero-order valence-electron chi connectivity index (χ0n) is 13.5. The minimum atomic E-state index is 0.280. The number of aromatic nitrogens is 4. The predicted molar refractivity (Wildman–Crippen MR) is 93.0 cm³/mol. The van der Waals surface area contributed by atoms with Crippen LogP contribution in [0.1, 0.15) is 17.7 Å². The number of rotatable bonds is 5. The number of phenolic OH excluding ortho intramolecular Hbond substituents is 1. The van der Waals surface area contributed by atoms with Crippen LogP contribution in [0.4, 0.5) is 5.82 Å². The van der Waals surface area contributed by atoms with E-state index in [0.717, 1.165) is 25.0 Å². The molecule has 0 aliphatic heterocycles. The molecule has 0 unspecified atom stereocenters. The zero-order chi connectivity index (χ0) is 17.2. The number of nitrogen functional groups attached to an aromatic ring is 1. The zero-order valence-corrected chi connectivity index (χ0v) is 13.5. The maximum atomic E-state index is 9.32. The fraction of sp³-hybridized carbons (Fsp3) is 0.167. The Morgan fingerprint density at radius 3 is 2.68 bits per heavy atom. The minimum absolute atomic E-state index is 0.280. The third-order valence-electron chi connectivity index (χ3n) is 3.97. The van der Waals surface area contributed by atoms with Gasteiger partial charge in [0.15, 0.2) is 5.76 Å². The Kier molecular flexibility index (Phi) is 3.81. The molecule has 3 aromatic heterocycles. The van der Waals surface area contributed by atoms with Gasteiger partial charge in [-0.2, -0.15) is 9.50 Å². The second-order valence-corrected chi connectivity index (χ2v) is 5.82. The lowest BCUT2D eigenvalue weighted by atomic mass is 10.1. The van der Waals surface area contributed by atoms with Gasteiger partial charge in [-0.05, 0) is 49.1 Å². The molecule has 0 amide bonds. The number of anilines is 1. The second kappa shape index (κ2) is 6.27. The minimum Gasteiger partial charge on any atom is -0.508 e. The summed E-state index contributed by atoms with van der Waals surface area (Å²) in [5, 5.41) is 13.6. The van der Waals surface area contributed by atoms with Crippen LogP contribution in [-0.4, -0.2) is 24.7 Å². The molecule has 0 fully saturated rings. The number of furan rings is 1. The molecule has 0 saturated heterocycles. The van der Waals surface area contributed by atoms with Crippen molar-refractivity contribution in [3.05, 3.63) is 60.0 Å². The quantitative estimate of drug-likeness (QED) is 0.581. The summed E-state index contributed by atoms with van der Waals surface area (Å²) in [6.45, 7) is 0. The molecular formula is C18H17N5O2. The Morgan fingerprint density at radius 1 is 1.08 bits per heavy atom. The SMILES string of the molecule is Nc1cc(CCCc2ccc(O)cc2)nc2nc(-c3ccco3)nn12. The van der Waals surface area contributed by atoms with Gasteiger partial charge in [0.1, 0.15) is 11.6 Å². The topological polar surface area (TPSA) is 102 Å². The van der Waals surface area contributed by atoms with Crippen LogP contribution in [-0.2, 0) is 12.8 Å². The Labute approximate surface area is 143 Å². The lowest BCUT2D eigenvalue weighted by Gasteiger charge is -2.04. The van der Waals surface area contributed by atoms with Crippen molar-refractivity contribution in [3.8, 4) is 17.3 Å². The first-order chi connectivity index (χ1) is 12.2. The number of aryl methyl sites for hydroxylation is 2. The van der Waals surface area contributed by atoms with Gasteiger partial charge in [0.2, 0.25) is 5.82 Å². The Bertz CT molecular complexity index is 990. The molecule has 126 valence electrons. The van der Waals surface area contributed by atoms with E-state index in [1.54, 1.807) is 30.5 Å². The van der Waals surface area contributed by atoms with E-state index in [1.165, 1.54) is 10.1 Å². The molecule has 0 aliphatic carbocycles. The maximum absolute atomic E-state index is 9.32. The highest BCUT2D eigenvalue weighted by Gasteiger charge is 2.12. The summed E-state index contributed by atoms with van der Waals surface area (Å²) in [6, 6.07) is 12.7. The summed E-state index contributed by atoms with van der Waals surface area (Å²) in [5.41, 5.74) is 8.14. The molecule has 0 saturated carbocycles. The van der Waals surface area contributed by atoms with E-state index in [4.69, 9.17) is 10.2 Å². The van der Waals surface area contributed by atoms with Gasteiger partial charge in [-0.3, -0.25) is 0 Å². The van der Waals surface area contributed by atoms with E-state index in [0.29, 0.717) is 23.2 Å². The normalized spacial score (nSPS) is 11.2. The summed E-state index contributed by atoms with van der Waals surface area (Å²) in [4.78, 5) is 8.93. The highest BCUT2D eigenvalue weighted by Crippen LogP contribution is 2.19. The summed E-state index contributed by atoms with van der Waals surface area (Å²) < 4.78 is 6.83. The van der Waals surface area contributed by atoms with E-state index in [1.807, 2.05) is 18.2 Å².